The average molecular weight is 354 g/mol. The van der Waals surface area contributed by atoms with E-state index in [1.807, 2.05) is 24.4 Å². The number of carbonyl (C=O) groups excluding carboxylic acids is 1. The van der Waals surface area contributed by atoms with E-state index in [4.69, 9.17) is 0 Å². The highest BCUT2D eigenvalue weighted by molar-refractivity contribution is 7.13. The van der Waals surface area contributed by atoms with Crippen LogP contribution >= 0.6 is 11.3 Å². The summed E-state index contributed by atoms with van der Waals surface area (Å²) >= 11 is 1.44. The van der Waals surface area contributed by atoms with Crippen molar-refractivity contribution < 1.29 is 4.79 Å². The van der Waals surface area contributed by atoms with Gasteiger partial charge in [0, 0.05) is 29.4 Å². The highest BCUT2D eigenvalue weighted by Crippen LogP contribution is 2.24. The van der Waals surface area contributed by atoms with Crippen LogP contribution in [0.3, 0.4) is 0 Å². The highest BCUT2D eigenvalue weighted by atomic mass is 32.1. The van der Waals surface area contributed by atoms with Crippen LogP contribution in [0, 0.1) is 0 Å². The van der Waals surface area contributed by atoms with Crippen LogP contribution in [0.5, 0.6) is 0 Å². The molecular formula is C17H18N6OS. The second-order valence-electron chi connectivity index (χ2n) is 5.90. The molecule has 8 heteroatoms. The van der Waals surface area contributed by atoms with Gasteiger partial charge in [-0.25, -0.2) is 14.6 Å². The van der Waals surface area contributed by atoms with Crippen molar-refractivity contribution in [1.82, 2.24) is 30.4 Å². The predicted molar refractivity (Wildman–Crippen MR) is 95.8 cm³/mol. The second kappa shape index (κ2) is 7.12. The van der Waals surface area contributed by atoms with Crippen LogP contribution < -0.4 is 10.6 Å². The molecule has 4 heterocycles. The summed E-state index contributed by atoms with van der Waals surface area (Å²) in [6.07, 6.45) is 7.25. The largest absolute Gasteiger partial charge is 0.348 e. The maximum Gasteiger partial charge on any atom is 0.270 e. The van der Waals surface area contributed by atoms with E-state index in [0.717, 1.165) is 42.3 Å². The molecule has 1 amide bonds. The first kappa shape index (κ1) is 15.9. The molecule has 0 unspecified atom stereocenters. The molecule has 0 aliphatic carbocycles. The quantitative estimate of drug-likeness (QED) is 0.747. The Kier molecular flexibility index (Phi) is 4.53. The van der Waals surface area contributed by atoms with Crippen LogP contribution in [-0.2, 0) is 0 Å². The Morgan fingerprint density at radius 3 is 3.00 bits per heavy atom. The highest BCUT2D eigenvalue weighted by Gasteiger charge is 2.19. The fourth-order valence-corrected chi connectivity index (χ4v) is 3.56. The van der Waals surface area contributed by atoms with Gasteiger partial charge in [-0.15, -0.1) is 11.3 Å². The topological polar surface area (TPSA) is 84.7 Å². The normalized spacial score (nSPS) is 15.2. The summed E-state index contributed by atoms with van der Waals surface area (Å²) in [6, 6.07) is 5.89. The van der Waals surface area contributed by atoms with Crippen molar-refractivity contribution in [2.75, 3.05) is 13.1 Å². The van der Waals surface area contributed by atoms with Crippen molar-refractivity contribution >= 4 is 17.2 Å². The number of pyridine rings is 1. The van der Waals surface area contributed by atoms with Crippen LogP contribution in [0.1, 0.15) is 23.3 Å². The molecule has 3 aromatic heterocycles. The second-order valence-corrected chi connectivity index (χ2v) is 6.76. The lowest BCUT2D eigenvalue weighted by molar-refractivity contribution is 0.0925. The van der Waals surface area contributed by atoms with Gasteiger partial charge >= 0.3 is 0 Å². The number of amides is 1. The van der Waals surface area contributed by atoms with Crippen molar-refractivity contribution in [3.8, 4) is 16.4 Å². The molecule has 3 aromatic rings. The number of hydrogen-bond acceptors (Lipinski definition) is 6. The standard InChI is InChI=1S/C17H18N6OS/c24-16(21-13-4-7-18-8-5-13)14-11-25-17(22-14)12-9-20-23(10-12)15-3-1-2-6-19-15/h1-3,6,9-11,13,18H,4-5,7-8H2,(H,21,24). The molecule has 7 nitrogen and oxygen atoms in total. The average Bonchev–Trinajstić information content (AvgIpc) is 3.33. The molecule has 2 N–H and O–H groups in total. The summed E-state index contributed by atoms with van der Waals surface area (Å²) in [4.78, 5) is 21.1. The van der Waals surface area contributed by atoms with E-state index in [1.165, 1.54) is 11.3 Å². The number of rotatable bonds is 4. The minimum Gasteiger partial charge on any atom is -0.348 e. The van der Waals surface area contributed by atoms with Gasteiger partial charge in [-0.3, -0.25) is 4.79 Å². The van der Waals surface area contributed by atoms with E-state index in [9.17, 15) is 4.79 Å². The van der Waals surface area contributed by atoms with Gasteiger partial charge in [0.2, 0.25) is 0 Å². The fraction of sp³-hybridized carbons (Fsp3) is 0.294. The Labute approximate surface area is 149 Å². The number of thiazole rings is 1. The maximum absolute atomic E-state index is 12.4. The Hall–Kier alpha value is -2.58. The lowest BCUT2D eigenvalue weighted by atomic mass is 10.1. The molecule has 25 heavy (non-hydrogen) atoms. The van der Waals surface area contributed by atoms with Crippen molar-refractivity contribution in [3.05, 3.63) is 47.9 Å². The number of carbonyl (C=O) groups is 1. The number of hydrogen-bond donors (Lipinski definition) is 2. The summed E-state index contributed by atoms with van der Waals surface area (Å²) in [6.45, 7) is 1.89. The summed E-state index contributed by atoms with van der Waals surface area (Å²) in [5.74, 6) is 0.640. The molecule has 128 valence electrons. The minimum atomic E-state index is -0.105. The SMILES string of the molecule is O=C(NC1CCNCC1)c1csc(-c2cnn(-c3ccccn3)c2)n1. The molecule has 1 aliphatic heterocycles. The molecule has 4 rings (SSSR count). The van der Waals surface area contributed by atoms with Crippen LogP contribution in [0.15, 0.2) is 42.2 Å². The molecule has 0 bridgehead atoms. The summed E-state index contributed by atoms with van der Waals surface area (Å²) < 4.78 is 1.70. The van der Waals surface area contributed by atoms with Crippen LogP contribution in [0.2, 0.25) is 0 Å². The summed E-state index contributed by atoms with van der Waals surface area (Å²) in [5, 5.41) is 13.3. The zero-order valence-electron chi connectivity index (χ0n) is 13.6. The van der Waals surface area contributed by atoms with Crippen molar-refractivity contribution in [2.24, 2.45) is 0 Å². The van der Waals surface area contributed by atoms with E-state index in [1.54, 1.807) is 22.5 Å². The summed E-state index contributed by atoms with van der Waals surface area (Å²) in [7, 11) is 0. The van der Waals surface area contributed by atoms with Crippen molar-refractivity contribution in [1.29, 1.82) is 0 Å². The lowest BCUT2D eigenvalue weighted by Crippen LogP contribution is -2.42. The van der Waals surface area contributed by atoms with E-state index in [2.05, 4.69) is 25.7 Å². The van der Waals surface area contributed by atoms with E-state index in [-0.39, 0.29) is 11.9 Å². The number of aromatic nitrogens is 4. The maximum atomic E-state index is 12.4. The number of nitrogens with one attached hydrogen (secondary N) is 2. The molecule has 0 spiro atoms. The Balaban J connectivity index is 1.47. The molecule has 0 atom stereocenters. The van der Waals surface area contributed by atoms with E-state index < -0.39 is 0 Å². The van der Waals surface area contributed by atoms with Gasteiger partial charge in [0.15, 0.2) is 5.82 Å². The van der Waals surface area contributed by atoms with Crippen molar-refractivity contribution in [2.45, 2.75) is 18.9 Å². The zero-order chi connectivity index (χ0) is 17.1. The van der Waals surface area contributed by atoms with Crippen LogP contribution in [0.4, 0.5) is 0 Å². The zero-order valence-corrected chi connectivity index (χ0v) is 14.4. The monoisotopic (exact) mass is 354 g/mol. The van der Waals surface area contributed by atoms with Gasteiger partial charge in [0.1, 0.15) is 10.7 Å². The molecule has 1 aliphatic rings. The first-order chi connectivity index (χ1) is 12.3. The lowest BCUT2D eigenvalue weighted by Gasteiger charge is -2.23. The molecule has 1 fully saturated rings. The molecule has 1 saturated heterocycles. The smallest absolute Gasteiger partial charge is 0.270 e. The Morgan fingerprint density at radius 1 is 1.32 bits per heavy atom. The van der Waals surface area contributed by atoms with Gasteiger partial charge in [0.05, 0.1) is 6.20 Å². The van der Waals surface area contributed by atoms with Crippen molar-refractivity contribution in [3.63, 3.8) is 0 Å². The Morgan fingerprint density at radius 2 is 2.20 bits per heavy atom. The molecule has 0 aromatic carbocycles. The molecule has 0 radical (unpaired) electrons. The number of nitrogens with zero attached hydrogens (tertiary/aromatic N) is 4. The van der Waals surface area contributed by atoms with Gasteiger partial charge in [-0.05, 0) is 38.1 Å². The third-order valence-electron chi connectivity index (χ3n) is 4.12. The van der Waals surface area contributed by atoms with Gasteiger partial charge in [0.25, 0.3) is 5.91 Å². The van der Waals surface area contributed by atoms with Crippen LogP contribution in [0.25, 0.3) is 16.4 Å². The fourth-order valence-electron chi connectivity index (χ4n) is 2.78. The number of piperidine rings is 1. The third-order valence-corrected chi connectivity index (χ3v) is 5.02. The molecule has 0 saturated carbocycles. The first-order valence-corrected chi connectivity index (χ1v) is 9.11. The van der Waals surface area contributed by atoms with Crippen LogP contribution in [-0.4, -0.2) is 44.8 Å². The minimum absolute atomic E-state index is 0.105. The van der Waals surface area contributed by atoms with E-state index >= 15 is 0 Å². The van der Waals surface area contributed by atoms with Gasteiger partial charge < -0.3 is 10.6 Å². The Bertz CT molecular complexity index is 853. The van der Waals surface area contributed by atoms with Gasteiger partial charge in [-0.1, -0.05) is 6.07 Å². The predicted octanol–water partition coefficient (Wildman–Crippen LogP) is 1.87. The van der Waals surface area contributed by atoms with E-state index in [0.29, 0.717) is 5.69 Å². The molecular weight excluding hydrogens is 336 g/mol. The summed E-state index contributed by atoms with van der Waals surface area (Å²) in [5.41, 5.74) is 1.33. The first-order valence-electron chi connectivity index (χ1n) is 8.23. The third kappa shape index (κ3) is 3.59. The van der Waals surface area contributed by atoms with Gasteiger partial charge in [-0.2, -0.15) is 5.10 Å².